The Morgan fingerprint density at radius 2 is 1.85 bits per heavy atom. The van der Waals surface area contributed by atoms with Crippen molar-refractivity contribution in [3.63, 3.8) is 0 Å². The lowest BCUT2D eigenvalue weighted by atomic mass is 10.0. The Bertz CT molecular complexity index is 519. The molecule has 0 bridgehead atoms. The van der Waals surface area contributed by atoms with Gasteiger partial charge in [-0.15, -0.1) is 0 Å². The van der Waals surface area contributed by atoms with Gasteiger partial charge in [-0.2, -0.15) is 4.31 Å². The zero-order chi connectivity index (χ0) is 14.6. The van der Waals surface area contributed by atoms with Crippen molar-refractivity contribution in [2.45, 2.75) is 24.7 Å². The molecule has 0 radical (unpaired) electrons. The second-order valence-corrected chi connectivity index (χ2v) is 7.07. The van der Waals surface area contributed by atoms with Gasteiger partial charge in [-0.25, -0.2) is 8.42 Å². The van der Waals surface area contributed by atoms with Crippen molar-refractivity contribution < 1.29 is 18.3 Å². The third-order valence-corrected chi connectivity index (χ3v) is 5.48. The second-order valence-electron chi connectivity index (χ2n) is 5.13. The van der Waals surface area contributed by atoms with E-state index in [0.717, 1.165) is 12.8 Å². The number of hydrogen-bond donors (Lipinski definition) is 1. The van der Waals surface area contributed by atoms with E-state index in [0.29, 0.717) is 29.7 Å². The van der Waals surface area contributed by atoms with Crippen LogP contribution in [0.4, 0.5) is 0 Å². The van der Waals surface area contributed by atoms with Crippen LogP contribution in [0.15, 0.2) is 29.2 Å². The molecule has 0 amide bonds. The molecule has 2 rings (SSSR count). The third kappa shape index (κ3) is 3.50. The number of piperidine rings is 1. The highest BCUT2D eigenvalue weighted by Gasteiger charge is 2.27. The molecular weight excluding hydrogens is 278 g/mol. The summed E-state index contributed by atoms with van der Waals surface area (Å²) in [6.07, 6.45) is 1.83. The first kappa shape index (κ1) is 15.3. The molecule has 1 aromatic carbocycles. The van der Waals surface area contributed by atoms with Gasteiger partial charge < -0.3 is 9.84 Å². The minimum atomic E-state index is -3.39. The first-order valence-electron chi connectivity index (χ1n) is 6.88. The van der Waals surface area contributed by atoms with E-state index in [1.165, 1.54) is 0 Å². The van der Waals surface area contributed by atoms with Gasteiger partial charge >= 0.3 is 0 Å². The predicted octanol–water partition coefficient (Wildman–Crippen LogP) is 1.48. The van der Waals surface area contributed by atoms with Crippen molar-refractivity contribution >= 4 is 10.0 Å². The van der Waals surface area contributed by atoms with Crippen LogP contribution in [0.25, 0.3) is 0 Å². The van der Waals surface area contributed by atoms with E-state index in [1.54, 1.807) is 28.6 Å². The Morgan fingerprint density at radius 3 is 2.40 bits per heavy atom. The molecule has 1 fully saturated rings. The van der Waals surface area contributed by atoms with Gasteiger partial charge in [0.05, 0.1) is 11.5 Å². The van der Waals surface area contributed by atoms with Crippen LogP contribution in [0, 0.1) is 5.92 Å². The average molecular weight is 299 g/mol. The van der Waals surface area contributed by atoms with E-state index in [2.05, 4.69) is 6.92 Å². The van der Waals surface area contributed by atoms with Crippen LogP contribution in [0.2, 0.25) is 0 Å². The molecule has 0 unspecified atom stereocenters. The van der Waals surface area contributed by atoms with Crippen molar-refractivity contribution in [2.24, 2.45) is 5.92 Å². The van der Waals surface area contributed by atoms with Gasteiger partial charge in [0, 0.05) is 13.1 Å². The molecule has 0 aromatic heterocycles. The maximum Gasteiger partial charge on any atom is 0.243 e. The van der Waals surface area contributed by atoms with Crippen LogP contribution in [0.3, 0.4) is 0 Å². The molecular formula is C14H21NO4S. The Balaban J connectivity index is 2.09. The maximum absolute atomic E-state index is 12.5. The topological polar surface area (TPSA) is 66.8 Å². The largest absolute Gasteiger partial charge is 0.491 e. The first-order valence-corrected chi connectivity index (χ1v) is 8.32. The van der Waals surface area contributed by atoms with Crippen LogP contribution in [0.1, 0.15) is 19.8 Å². The Morgan fingerprint density at radius 1 is 1.25 bits per heavy atom. The van der Waals surface area contributed by atoms with Gasteiger partial charge in [-0.1, -0.05) is 6.92 Å². The minimum Gasteiger partial charge on any atom is -0.491 e. The summed E-state index contributed by atoms with van der Waals surface area (Å²) < 4.78 is 31.7. The average Bonchev–Trinajstić information content (AvgIpc) is 2.46. The third-order valence-electron chi connectivity index (χ3n) is 3.56. The van der Waals surface area contributed by atoms with Crippen LogP contribution in [-0.2, 0) is 10.0 Å². The normalized spacial score (nSPS) is 18.1. The molecule has 0 atom stereocenters. The fourth-order valence-electron chi connectivity index (χ4n) is 2.25. The molecule has 1 N–H and O–H groups in total. The molecule has 1 heterocycles. The molecule has 1 aromatic rings. The number of benzene rings is 1. The smallest absolute Gasteiger partial charge is 0.243 e. The summed E-state index contributed by atoms with van der Waals surface area (Å²) in [6.45, 7) is 3.47. The van der Waals surface area contributed by atoms with Gasteiger partial charge in [0.15, 0.2) is 0 Å². The van der Waals surface area contributed by atoms with Gasteiger partial charge in [-0.05, 0) is 43.0 Å². The van der Waals surface area contributed by atoms with Crippen LogP contribution in [0.5, 0.6) is 5.75 Å². The summed E-state index contributed by atoms with van der Waals surface area (Å²) in [4.78, 5) is 0.295. The molecule has 1 saturated heterocycles. The lowest BCUT2D eigenvalue weighted by molar-refractivity contribution is 0.201. The van der Waals surface area contributed by atoms with E-state index in [4.69, 9.17) is 9.84 Å². The maximum atomic E-state index is 12.5. The minimum absolute atomic E-state index is 0.0635. The van der Waals surface area contributed by atoms with Gasteiger partial charge in [-0.3, -0.25) is 0 Å². The van der Waals surface area contributed by atoms with Crippen molar-refractivity contribution in [3.8, 4) is 5.75 Å². The van der Waals surface area contributed by atoms with E-state index in [1.807, 2.05) is 0 Å². The monoisotopic (exact) mass is 299 g/mol. The molecule has 5 nitrogen and oxygen atoms in total. The second kappa shape index (κ2) is 6.56. The molecule has 20 heavy (non-hydrogen) atoms. The standard InChI is InChI=1S/C14H21NO4S/c1-12-6-8-15(9-7-12)20(17,18)14-4-2-13(3-5-14)19-11-10-16/h2-5,12,16H,6-11H2,1H3. The number of nitrogens with zero attached hydrogens (tertiary/aromatic N) is 1. The number of hydrogen-bond acceptors (Lipinski definition) is 4. The summed E-state index contributed by atoms with van der Waals surface area (Å²) in [7, 11) is -3.39. The molecule has 0 aliphatic carbocycles. The molecule has 1 aliphatic rings. The van der Waals surface area contributed by atoms with Crippen LogP contribution >= 0.6 is 0 Å². The van der Waals surface area contributed by atoms with Crippen molar-refractivity contribution in [2.75, 3.05) is 26.3 Å². The SMILES string of the molecule is CC1CCN(S(=O)(=O)c2ccc(OCCO)cc2)CC1. The predicted molar refractivity (Wildman–Crippen MR) is 76.2 cm³/mol. The van der Waals surface area contributed by atoms with E-state index < -0.39 is 10.0 Å². The quantitative estimate of drug-likeness (QED) is 0.894. The zero-order valence-corrected chi connectivity index (χ0v) is 12.5. The fraction of sp³-hybridized carbons (Fsp3) is 0.571. The van der Waals surface area contributed by atoms with Gasteiger partial charge in [0.1, 0.15) is 12.4 Å². The fourth-order valence-corrected chi connectivity index (χ4v) is 3.72. The Hall–Kier alpha value is -1.11. The summed E-state index contributed by atoms with van der Waals surface area (Å²) in [5.74, 6) is 1.15. The molecule has 0 spiro atoms. The lowest BCUT2D eigenvalue weighted by Crippen LogP contribution is -2.37. The molecule has 0 saturated carbocycles. The summed E-state index contributed by atoms with van der Waals surface area (Å²) in [5.41, 5.74) is 0. The molecule has 6 heteroatoms. The number of sulfonamides is 1. The summed E-state index contributed by atoms with van der Waals surface area (Å²) in [5, 5.41) is 8.68. The van der Waals surface area contributed by atoms with Crippen molar-refractivity contribution in [3.05, 3.63) is 24.3 Å². The highest BCUT2D eigenvalue weighted by molar-refractivity contribution is 7.89. The molecule has 1 aliphatic heterocycles. The summed E-state index contributed by atoms with van der Waals surface area (Å²) >= 11 is 0. The van der Waals surface area contributed by atoms with E-state index in [9.17, 15) is 8.42 Å². The van der Waals surface area contributed by atoms with Gasteiger partial charge in [0.25, 0.3) is 0 Å². The van der Waals surface area contributed by atoms with E-state index in [-0.39, 0.29) is 13.2 Å². The number of rotatable bonds is 5. The highest BCUT2D eigenvalue weighted by Crippen LogP contribution is 2.24. The first-order chi connectivity index (χ1) is 9.54. The van der Waals surface area contributed by atoms with Crippen molar-refractivity contribution in [1.82, 2.24) is 4.31 Å². The number of aliphatic hydroxyl groups excluding tert-OH is 1. The number of aliphatic hydroxyl groups is 1. The Kier molecular flexibility index (Phi) is 5.01. The van der Waals surface area contributed by atoms with E-state index >= 15 is 0 Å². The lowest BCUT2D eigenvalue weighted by Gasteiger charge is -2.29. The Labute approximate surface area is 120 Å². The van der Waals surface area contributed by atoms with Crippen molar-refractivity contribution in [1.29, 1.82) is 0 Å². The summed E-state index contributed by atoms with van der Waals surface area (Å²) in [6, 6.07) is 6.35. The van der Waals surface area contributed by atoms with Crippen LogP contribution in [-0.4, -0.2) is 44.1 Å². The molecule has 112 valence electrons. The zero-order valence-electron chi connectivity index (χ0n) is 11.7. The highest BCUT2D eigenvalue weighted by atomic mass is 32.2. The van der Waals surface area contributed by atoms with Gasteiger partial charge in [0.2, 0.25) is 10.0 Å². The van der Waals surface area contributed by atoms with Crippen LogP contribution < -0.4 is 4.74 Å². The number of ether oxygens (including phenoxy) is 1.